The number of fused-ring (bicyclic) bond motifs is 4. The summed E-state index contributed by atoms with van der Waals surface area (Å²) >= 11 is 0. The Balaban J connectivity index is 1.01. The van der Waals surface area contributed by atoms with Crippen molar-refractivity contribution >= 4 is 22.7 Å². The molecule has 8 nitrogen and oxygen atoms in total. The SMILES string of the molecule is O=C(c1ccc(Cn2ccc3ccccc32)o1)N1CCC2(CCCCOC[C@@H]3CCCN3C(=O)c3cccc(c3)OC2)CC1. The first-order chi connectivity index (χ1) is 21.6. The van der Waals surface area contributed by atoms with Crippen LogP contribution in [0, 0.1) is 5.41 Å². The molecule has 0 N–H and O–H groups in total. The molecule has 3 aliphatic rings. The van der Waals surface area contributed by atoms with Gasteiger partial charge in [-0.15, -0.1) is 0 Å². The fourth-order valence-electron chi connectivity index (χ4n) is 7.15. The Morgan fingerprint density at radius 2 is 1.80 bits per heavy atom. The minimum absolute atomic E-state index is 0.0409. The quantitative estimate of drug-likeness (QED) is 0.274. The fourth-order valence-corrected chi connectivity index (χ4v) is 7.15. The molecule has 0 saturated carbocycles. The predicted molar refractivity (Wildman–Crippen MR) is 168 cm³/mol. The summed E-state index contributed by atoms with van der Waals surface area (Å²) in [6.07, 6.45) is 8.81. The lowest BCUT2D eigenvalue weighted by molar-refractivity contribution is 0.0315. The van der Waals surface area contributed by atoms with Crippen molar-refractivity contribution in [3.05, 3.63) is 90.0 Å². The molecule has 2 aromatic carbocycles. The monoisotopic (exact) mass is 595 g/mol. The van der Waals surface area contributed by atoms with Crippen LogP contribution in [-0.4, -0.2) is 71.7 Å². The minimum Gasteiger partial charge on any atom is -0.493 e. The van der Waals surface area contributed by atoms with Crippen LogP contribution in [0.5, 0.6) is 5.75 Å². The molecular formula is C36H41N3O5. The third kappa shape index (κ3) is 6.00. The second-order valence-corrected chi connectivity index (χ2v) is 12.7. The zero-order valence-electron chi connectivity index (χ0n) is 25.3. The normalized spacial score (nSPS) is 21.1. The summed E-state index contributed by atoms with van der Waals surface area (Å²) < 4.78 is 20.7. The third-order valence-corrected chi connectivity index (χ3v) is 9.81. The molecule has 2 saturated heterocycles. The number of hydrogen-bond acceptors (Lipinski definition) is 5. The lowest BCUT2D eigenvalue weighted by atomic mass is 9.75. The minimum atomic E-state index is -0.0540. The van der Waals surface area contributed by atoms with Crippen LogP contribution in [0.2, 0.25) is 0 Å². The Kier molecular flexibility index (Phi) is 8.17. The number of nitrogens with zero attached hydrogens (tertiary/aromatic N) is 3. The van der Waals surface area contributed by atoms with Crippen LogP contribution >= 0.6 is 0 Å². The molecule has 3 aliphatic heterocycles. The highest BCUT2D eigenvalue weighted by molar-refractivity contribution is 5.95. The molecule has 44 heavy (non-hydrogen) atoms. The number of para-hydroxylation sites is 1. The summed E-state index contributed by atoms with van der Waals surface area (Å²) in [5.74, 6) is 1.89. The van der Waals surface area contributed by atoms with Crippen molar-refractivity contribution < 1.29 is 23.5 Å². The van der Waals surface area contributed by atoms with E-state index in [1.807, 2.05) is 52.3 Å². The summed E-state index contributed by atoms with van der Waals surface area (Å²) in [6.45, 7) is 4.54. The molecular weight excluding hydrogens is 554 g/mol. The second kappa shape index (κ2) is 12.5. The average Bonchev–Trinajstić information content (AvgIpc) is 3.82. The number of piperidine rings is 1. The van der Waals surface area contributed by atoms with Gasteiger partial charge in [-0.2, -0.15) is 0 Å². The number of carbonyl (C=O) groups is 2. The molecule has 2 aromatic heterocycles. The summed E-state index contributed by atoms with van der Waals surface area (Å²) in [5, 5.41) is 1.18. The Bertz CT molecular complexity index is 1610. The van der Waals surface area contributed by atoms with Crippen molar-refractivity contribution in [2.75, 3.05) is 39.5 Å². The molecule has 0 unspecified atom stereocenters. The molecule has 0 radical (unpaired) electrons. The van der Waals surface area contributed by atoms with Crippen LogP contribution in [0.25, 0.3) is 10.9 Å². The van der Waals surface area contributed by atoms with Crippen LogP contribution < -0.4 is 4.74 Å². The van der Waals surface area contributed by atoms with E-state index in [9.17, 15) is 9.59 Å². The number of ether oxygens (including phenoxy) is 2. The zero-order valence-corrected chi connectivity index (χ0v) is 25.3. The first-order valence-electron chi connectivity index (χ1n) is 16.1. The molecule has 4 aromatic rings. The standard InChI is InChI=1S/C36H41N3O5/c40-34-28-8-5-10-30(23-28)43-26-36(15-3-4-22-42-25-29-9-6-18-39(29)34)16-20-37(21-17-36)35(41)33-13-12-31(44-33)24-38-19-14-27-7-1-2-11-32(27)38/h1-2,5,7-8,10-14,19,23,29H,3-4,6,9,15-18,20-22,24-26H2/t29-/m0/s1. The molecule has 2 amide bonds. The number of aromatic nitrogens is 1. The highest BCUT2D eigenvalue weighted by Crippen LogP contribution is 2.38. The van der Waals surface area contributed by atoms with Crippen LogP contribution in [0.4, 0.5) is 0 Å². The Hall–Kier alpha value is -4.04. The first kappa shape index (κ1) is 28.7. The molecule has 1 spiro atoms. The van der Waals surface area contributed by atoms with Gasteiger partial charge in [0.1, 0.15) is 11.5 Å². The summed E-state index contributed by atoms with van der Waals surface area (Å²) in [5.41, 5.74) is 1.77. The van der Waals surface area contributed by atoms with Gasteiger partial charge in [0.05, 0.1) is 25.8 Å². The maximum Gasteiger partial charge on any atom is 0.289 e. The summed E-state index contributed by atoms with van der Waals surface area (Å²) in [7, 11) is 0. The zero-order chi connectivity index (χ0) is 29.9. The van der Waals surface area contributed by atoms with Crippen molar-refractivity contribution in [1.29, 1.82) is 0 Å². The molecule has 230 valence electrons. The van der Waals surface area contributed by atoms with Crippen LogP contribution in [0.3, 0.4) is 0 Å². The summed E-state index contributed by atoms with van der Waals surface area (Å²) in [4.78, 5) is 30.7. The van der Waals surface area contributed by atoms with Gasteiger partial charge in [0.25, 0.3) is 11.8 Å². The molecule has 1 atom stereocenters. The van der Waals surface area contributed by atoms with E-state index < -0.39 is 0 Å². The molecule has 0 aliphatic carbocycles. The van der Waals surface area contributed by atoms with Crippen molar-refractivity contribution in [3.63, 3.8) is 0 Å². The summed E-state index contributed by atoms with van der Waals surface area (Å²) in [6, 6.07) is 21.8. The predicted octanol–water partition coefficient (Wildman–Crippen LogP) is 6.39. The molecule has 2 fully saturated rings. The van der Waals surface area contributed by atoms with Gasteiger partial charge in [0, 0.05) is 48.9 Å². The van der Waals surface area contributed by atoms with E-state index in [4.69, 9.17) is 13.9 Å². The van der Waals surface area contributed by atoms with Crippen molar-refractivity contribution in [2.24, 2.45) is 5.41 Å². The maximum absolute atomic E-state index is 13.5. The van der Waals surface area contributed by atoms with Gasteiger partial charge in [-0.1, -0.05) is 30.7 Å². The molecule has 2 bridgehead atoms. The van der Waals surface area contributed by atoms with Crippen molar-refractivity contribution in [1.82, 2.24) is 14.4 Å². The van der Waals surface area contributed by atoms with Gasteiger partial charge in [0.2, 0.25) is 0 Å². The largest absolute Gasteiger partial charge is 0.493 e. The van der Waals surface area contributed by atoms with E-state index in [1.54, 1.807) is 6.07 Å². The molecule has 7 rings (SSSR count). The van der Waals surface area contributed by atoms with E-state index in [2.05, 4.69) is 29.0 Å². The number of benzene rings is 2. The highest BCUT2D eigenvalue weighted by Gasteiger charge is 2.37. The van der Waals surface area contributed by atoms with Gasteiger partial charge in [-0.05, 0) is 86.4 Å². The van der Waals surface area contributed by atoms with Crippen LogP contribution in [0.15, 0.2) is 77.3 Å². The second-order valence-electron chi connectivity index (χ2n) is 12.7. The number of carbonyl (C=O) groups excluding carboxylic acids is 2. The van der Waals surface area contributed by atoms with Gasteiger partial charge in [-0.3, -0.25) is 9.59 Å². The average molecular weight is 596 g/mol. The molecule has 5 heterocycles. The first-order valence-corrected chi connectivity index (χ1v) is 16.1. The maximum atomic E-state index is 13.5. The van der Waals surface area contributed by atoms with Crippen LogP contribution in [-0.2, 0) is 11.3 Å². The van der Waals surface area contributed by atoms with E-state index in [1.165, 1.54) is 5.39 Å². The molecule has 8 heteroatoms. The van der Waals surface area contributed by atoms with E-state index >= 15 is 0 Å². The van der Waals surface area contributed by atoms with Crippen molar-refractivity contribution in [3.8, 4) is 5.75 Å². The highest BCUT2D eigenvalue weighted by atomic mass is 16.5. The smallest absolute Gasteiger partial charge is 0.289 e. The van der Waals surface area contributed by atoms with Crippen molar-refractivity contribution in [2.45, 2.75) is 57.5 Å². The van der Waals surface area contributed by atoms with Gasteiger partial charge < -0.3 is 28.3 Å². The lowest BCUT2D eigenvalue weighted by Gasteiger charge is -2.41. The van der Waals surface area contributed by atoms with E-state index in [0.717, 1.165) is 68.5 Å². The Morgan fingerprint density at radius 1 is 0.909 bits per heavy atom. The van der Waals surface area contributed by atoms with E-state index in [-0.39, 0.29) is 23.3 Å². The number of amides is 2. The third-order valence-electron chi connectivity index (χ3n) is 9.81. The topological polar surface area (TPSA) is 77.2 Å². The fraction of sp³-hybridized carbons (Fsp3) is 0.444. The van der Waals surface area contributed by atoms with E-state index in [0.29, 0.717) is 50.8 Å². The number of likely N-dealkylation sites (tertiary alicyclic amines) is 1. The van der Waals surface area contributed by atoms with Crippen LogP contribution in [0.1, 0.15) is 71.6 Å². The Morgan fingerprint density at radius 3 is 2.70 bits per heavy atom. The number of hydrogen-bond donors (Lipinski definition) is 0. The van der Waals surface area contributed by atoms with Gasteiger partial charge >= 0.3 is 0 Å². The number of rotatable bonds is 3. The Labute approximate surface area is 258 Å². The van der Waals surface area contributed by atoms with Gasteiger partial charge in [-0.25, -0.2) is 0 Å². The lowest BCUT2D eigenvalue weighted by Crippen LogP contribution is -2.45. The van der Waals surface area contributed by atoms with Gasteiger partial charge in [0.15, 0.2) is 5.76 Å². The number of furan rings is 1.